The van der Waals surface area contributed by atoms with E-state index in [4.69, 9.17) is 11.1 Å². The Kier molecular flexibility index (Phi) is 5.14. The van der Waals surface area contributed by atoms with Crippen molar-refractivity contribution in [2.75, 3.05) is 0 Å². The first-order valence-electron chi connectivity index (χ1n) is 13.5. The third-order valence-electron chi connectivity index (χ3n) is 8.16. The largest absolute Gasteiger partial charge is 0.326 e. The van der Waals surface area contributed by atoms with E-state index in [-0.39, 0.29) is 0 Å². The van der Waals surface area contributed by atoms with Crippen LogP contribution in [0.2, 0.25) is 0 Å². The van der Waals surface area contributed by atoms with Gasteiger partial charge in [-0.1, -0.05) is 78.9 Å². The average molecular weight is 532 g/mol. The van der Waals surface area contributed by atoms with Crippen molar-refractivity contribution in [2.24, 2.45) is 5.73 Å². The highest BCUT2D eigenvalue weighted by Crippen LogP contribution is 2.43. The van der Waals surface area contributed by atoms with Gasteiger partial charge in [0.2, 0.25) is 0 Å². The molecule has 6 aromatic carbocycles. The topological polar surface area (TPSA) is 54.8 Å². The fourth-order valence-corrected chi connectivity index (χ4v) is 7.53. The van der Waals surface area contributed by atoms with Crippen LogP contribution in [0.15, 0.2) is 115 Å². The van der Waals surface area contributed by atoms with Gasteiger partial charge in [-0.3, -0.25) is 0 Å². The van der Waals surface area contributed by atoms with Gasteiger partial charge in [-0.15, -0.1) is 11.3 Å². The second kappa shape index (κ2) is 8.88. The van der Waals surface area contributed by atoms with Crippen molar-refractivity contribution in [2.45, 2.75) is 6.54 Å². The molecule has 0 aliphatic rings. The van der Waals surface area contributed by atoms with Crippen LogP contribution in [0.25, 0.3) is 69.6 Å². The predicted octanol–water partition coefficient (Wildman–Crippen LogP) is 9.43. The maximum atomic E-state index is 8.61. The molecular weight excluding hydrogens is 506 g/mol. The lowest BCUT2D eigenvalue weighted by Gasteiger charge is -2.18. The lowest BCUT2D eigenvalue weighted by atomic mass is 9.91. The number of rotatable bonds is 4. The van der Waals surface area contributed by atoms with Crippen LogP contribution in [0, 0.1) is 5.41 Å². The van der Waals surface area contributed by atoms with E-state index in [0.29, 0.717) is 6.54 Å². The summed E-state index contributed by atoms with van der Waals surface area (Å²) in [5.74, 6) is 0. The molecule has 0 saturated carbocycles. The lowest BCUT2D eigenvalue weighted by molar-refractivity contribution is 1.05. The number of para-hydroxylation sites is 1. The molecule has 3 nitrogen and oxygen atoms in total. The standard InChI is InChI=1S/C36H25N3S/c37-20-29-24(26-12-7-15-35-36(26)27-11-4-6-14-34(27)40-35)16-17-32(30(29)21-38)39-31-13-5-3-10-25(31)28-18-22-8-1-2-9-23(22)19-33(28)39/h1-19,21,38H,20,37H2. The van der Waals surface area contributed by atoms with Crippen molar-refractivity contribution >= 4 is 70.3 Å². The van der Waals surface area contributed by atoms with Crippen LogP contribution in [-0.2, 0) is 6.54 Å². The Balaban J connectivity index is 1.46. The minimum absolute atomic E-state index is 0.340. The normalized spacial score (nSPS) is 11.8. The molecule has 0 atom stereocenters. The molecular formula is C36H25N3S. The summed E-state index contributed by atoms with van der Waals surface area (Å²) < 4.78 is 4.85. The molecule has 3 N–H and O–H groups in total. The van der Waals surface area contributed by atoms with E-state index in [9.17, 15) is 0 Å². The van der Waals surface area contributed by atoms with Gasteiger partial charge < -0.3 is 15.7 Å². The van der Waals surface area contributed by atoms with Crippen LogP contribution in [0.3, 0.4) is 0 Å². The summed E-state index contributed by atoms with van der Waals surface area (Å²) in [5, 5.41) is 15.9. The van der Waals surface area contributed by atoms with E-state index in [1.165, 1.54) is 53.5 Å². The monoisotopic (exact) mass is 531 g/mol. The highest BCUT2D eigenvalue weighted by molar-refractivity contribution is 7.25. The van der Waals surface area contributed by atoms with E-state index in [0.717, 1.165) is 33.4 Å². The molecule has 0 amide bonds. The quantitative estimate of drug-likeness (QED) is 0.218. The van der Waals surface area contributed by atoms with Crippen molar-refractivity contribution < 1.29 is 0 Å². The van der Waals surface area contributed by atoms with Crippen LogP contribution in [0.4, 0.5) is 0 Å². The molecule has 8 aromatic rings. The van der Waals surface area contributed by atoms with Gasteiger partial charge in [0, 0.05) is 49.3 Å². The van der Waals surface area contributed by atoms with E-state index in [1.54, 1.807) is 0 Å². The summed E-state index contributed by atoms with van der Waals surface area (Å²) in [4.78, 5) is 0. The first-order chi connectivity index (χ1) is 19.8. The number of hydrogen-bond acceptors (Lipinski definition) is 3. The summed E-state index contributed by atoms with van der Waals surface area (Å²) in [6.07, 6.45) is 1.48. The van der Waals surface area contributed by atoms with Crippen molar-refractivity contribution in [3.05, 3.63) is 126 Å². The Morgan fingerprint density at radius 2 is 1.38 bits per heavy atom. The molecule has 0 fully saturated rings. The van der Waals surface area contributed by atoms with E-state index >= 15 is 0 Å². The van der Waals surface area contributed by atoms with Crippen LogP contribution < -0.4 is 5.73 Å². The fourth-order valence-electron chi connectivity index (χ4n) is 6.39. The zero-order chi connectivity index (χ0) is 26.8. The zero-order valence-electron chi connectivity index (χ0n) is 21.7. The number of aromatic nitrogens is 1. The molecule has 8 rings (SSSR count). The maximum Gasteiger partial charge on any atom is 0.0553 e. The zero-order valence-corrected chi connectivity index (χ0v) is 22.5. The van der Waals surface area contributed by atoms with Crippen molar-refractivity contribution in [1.29, 1.82) is 5.41 Å². The molecule has 2 heterocycles. The van der Waals surface area contributed by atoms with Crippen molar-refractivity contribution in [3.8, 4) is 16.8 Å². The Hall–Kier alpha value is -4.77. The fraction of sp³-hybridized carbons (Fsp3) is 0.0278. The predicted molar refractivity (Wildman–Crippen MR) is 172 cm³/mol. The second-order valence-electron chi connectivity index (χ2n) is 10.2. The molecule has 190 valence electrons. The minimum Gasteiger partial charge on any atom is -0.326 e. The molecule has 4 heteroatoms. The van der Waals surface area contributed by atoms with E-state index < -0.39 is 0 Å². The molecule has 0 saturated heterocycles. The maximum absolute atomic E-state index is 8.61. The molecule has 0 radical (unpaired) electrons. The lowest BCUT2D eigenvalue weighted by Crippen LogP contribution is -2.09. The summed E-state index contributed by atoms with van der Waals surface area (Å²) in [5.41, 5.74) is 13.8. The highest BCUT2D eigenvalue weighted by Gasteiger charge is 2.20. The van der Waals surface area contributed by atoms with Crippen LogP contribution >= 0.6 is 11.3 Å². The highest BCUT2D eigenvalue weighted by atomic mass is 32.1. The minimum atomic E-state index is 0.340. The second-order valence-corrected chi connectivity index (χ2v) is 11.3. The smallest absolute Gasteiger partial charge is 0.0553 e. The summed E-state index contributed by atoms with van der Waals surface area (Å²) >= 11 is 1.82. The number of nitrogens with one attached hydrogen (secondary N) is 1. The number of nitrogens with two attached hydrogens (primary N) is 1. The number of benzene rings is 6. The summed E-state index contributed by atoms with van der Waals surface area (Å²) in [6, 6.07) is 41.1. The third kappa shape index (κ3) is 3.24. The van der Waals surface area contributed by atoms with Crippen LogP contribution in [0.1, 0.15) is 11.1 Å². The van der Waals surface area contributed by atoms with Gasteiger partial charge in [0.05, 0.1) is 16.7 Å². The van der Waals surface area contributed by atoms with Gasteiger partial charge in [0.1, 0.15) is 0 Å². The van der Waals surface area contributed by atoms with Crippen LogP contribution in [-0.4, -0.2) is 10.8 Å². The first kappa shape index (κ1) is 23.1. The number of fused-ring (bicyclic) bond motifs is 7. The SMILES string of the molecule is N=Cc1c(-n2c3ccccc3c3cc4ccccc4cc32)ccc(-c2cccc3sc4ccccc4c23)c1CN. The Bertz CT molecular complexity index is 2290. The summed E-state index contributed by atoms with van der Waals surface area (Å²) in [7, 11) is 0. The van der Waals surface area contributed by atoms with Crippen molar-refractivity contribution in [1.82, 2.24) is 4.57 Å². The molecule has 40 heavy (non-hydrogen) atoms. The van der Waals surface area contributed by atoms with Gasteiger partial charge in [-0.05, 0) is 63.9 Å². The molecule has 2 aromatic heterocycles. The molecule has 0 spiro atoms. The van der Waals surface area contributed by atoms with Gasteiger partial charge in [0.25, 0.3) is 0 Å². The molecule has 0 unspecified atom stereocenters. The van der Waals surface area contributed by atoms with Gasteiger partial charge in [-0.2, -0.15) is 0 Å². The molecule has 0 aliphatic carbocycles. The van der Waals surface area contributed by atoms with Gasteiger partial charge in [0.15, 0.2) is 0 Å². The first-order valence-corrected chi connectivity index (χ1v) is 14.3. The van der Waals surface area contributed by atoms with Crippen molar-refractivity contribution in [3.63, 3.8) is 0 Å². The average Bonchev–Trinajstić information content (AvgIpc) is 3.54. The molecule has 0 aliphatic heterocycles. The Morgan fingerprint density at radius 3 is 2.20 bits per heavy atom. The van der Waals surface area contributed by atoms with Gasteiger partial charge in [-0.25, -0.2) is 0 Å². The van der Waals surface area contributed by atoms with Crippen LogP contribution in [0.5, 0.6) is 0 Å². The van der Waals surface area contributed by atoms with Gasteiger partial charge >= 0.3 is 0 Å². The van der Waals surface area contributed by atoms with E-state index in [1.807, 2.05) is 11.3 Å². The summed E-state index contributed by atoms with van der Waals surface area (Å²) in [6.45, 7) is 0.340. The number of hydrogen-bond donors (Lipinski definition) is 2. The Labute approximate surface area is 235 Å². The van der Waals surface area contributed by atoms with E-state index in [2.05, 4.69) is 120 Å². The Morgan fingerprint density at radius 1 is 0.650 bits per heavy atom. The third-order valence-corrected chi connectivity index (χ3v) is 9.29. The molecule has 0 bridgehead atoms. The number of nitrogens with zero attached hydrogens (tertiary/aromatic N) is 1. The number of thiophene rings is 1.